The summed E-state index contributed by atoms with van der Waals surface area (Å²) >= 11 is 0. The lowest BCUT2D eigenvalue weighted by atomic mass is 9.85. The molecule has 6 rings (SSSR count). The van der Waals surface area contributed by atoms with E-state index in [0.717, 1.165) is 74.5 Å². The molecule has 0 saturated carbocycles. The highest BCUT2D eigenvalue weighted by molar-refractivity contribution is 5.90. The Hall–Kier alpha value is -3.32. The van der Waals surface area contributed by atoms with Crippen molar-refractivity contribution in [3.63, 3.8) is 0 Å². The van der Waals surface area contributed by atoms with E-state index in [9.17, 15) is 9.59 Å². The zero-order chi connectivity index (χ0) is 24.6. The van der Waals surface area contributed by atoms with Gasteiger partial charge in [0.05, 0.1) is 12.5 Å². The largest absolute Gasteiger partial charge is 0.491 e. The number of hydrogen-bond acceptors (Lipinski definition) is 4. The maximum Gasteiger partial charge on any atom is 0.232 e. The maximum atomic E-state index is 13.9. The van der Waals surface area contributed by atoms with Gasteiger partial charge in [0.1, 0.15) is 12.4 Å². The molecule has 1 N–H and O–H groups in total. The van der Waals surface area contributed by atoms with Gasteiger partial charge in [0.15, 0.2) is 0 Å². The number of para-hydroxylation sites is 1. The fraction of sp³-hybridized carbons (Fsp3) is 0.448. The van der Waals surface area contributed by atoms with Gasteiger partial charge in [-0.05, 0) is 48.6 Å². The van der Waals surface area contributed by atoms with Gasteiger partial charge < -0.3 is 19.5 Å². The number of aromatic nitrogens is 1. The lowest BCUT2D eigenvalue weighted by Crippen LogP contribution is -2.47. The molecule has 0 spiro atoms. The molecule has 3 heterocycles. The monoisotopic (exact) mass is 486 g/mol. The average molecular weight is 487 g/mol. The van der Waals surface area contributed by atoms with Gasteiger partial charge in [-0.1, -0.05) is 24.3 Å². The van der Waals surface area contributed by atoms with Gasteiger partial charge >= 0.3 is 0 Å². The number of nitrogens with zero attached hydrogens (tertiary/aromatic N) is 3. The van der Waals surface area contributed by atoms with Crippen molar-refractivity contribution >= 4 is 22.7 Å². The first-order valence-electron chi connectivity index (χ1n) is 13.2. The highest BCUT2D eigenvalue weighted by Gasteiger charge is 2.33. The first-order valence-corrected chi connectivity index (χ1v) is 13.2. The molecule has 2 aromatic carbocycles. The number of carbonyl (C=O) groups excluding carboxylic acids is 2. The van der Waals surface area contributed by atoms with E-state index in [1.54, 1.807) is 6.92 Å². The minimum absolute atomic E-state index is 0.122. The molecule has 1 saturated heterocycles. The van der Waals surface area contributed by atoms with E-state index in [1.165, 1.54) is 16.5 Å². The molecule has 1 fully saturated rings. The van der Waals surface area contributed by atoms with Crippen molar-refractivity contribution in [2.24, 2.45) is 0 Å². The van der Waals surface area contributed by atoms with Gasteiger partial charge in [-0.3, -0.25) is 14.5 Å². The SMILES string of the molecule is CC(=O)N1CCN(Cc2ccc3c(c2)CN(C(=O)[C@@H]2CCCc4c2[nH]c2ccccc42)CCO3)CC1. The molecule has 3 aromatic rings. The summed E-state index contributed by atoms with van der Waals surface area (Å²) in [4.78, 5) is 35.4. The number of hydrogen-bond donors (Lipinski definition) is 1. The lowest BCUT2D eigenvalue weighted by Gasteiger charge is -2.34. The Morgan fingerprint density at radius 3 is 2.69 bits per heavy atom. The third-order valence-corrected chi connectivity index (χ3v) is 8.05. The van der Waals surface area contributed by atoms with Crippen LogP contribution in [0.5, 0.6) is 5.75 Å². The Labute approximate surface area is 212 Å². The summed E-state index contributed by atoms with van der Waals surface area (Å²) in [7, 11) is 0. The van der Waals surface area contributed by atoms with Gasteiger partial charge in [-0.25, -0.2) is 0 Å². The van der Waals surface area contributed by atoms with Crippen LogP contribution in [-0.2, 0) is 29.1 Å². The number of benzene rings is 2. The zero-order valence-electron chi connectivity index (χ0n) is 21.0. The van der Waals surface area contributed by atoms with Gasteiger partial charge in [-0.2, -0.15) is 0 Å². The third kappa shape index (κ3) is 4.37. The maximum absolute atomic E-state index is 13.9. The predicted molar refractivity (Wildman–Crippen MR) is 139 cm³/mol. The molecule has 3 aliphatic rings. The van der Waals surface area contributed by atoms with E-state index >= 15 is 0 Å². The summed E-state index contributed by atoms with van der Waals surface area (Å²) in [5.41, 5.74) is 5.84. The number of carbonyl (C=O) groups is 2. The van der Waals surface area contributed by atoms with Crippen molar-refractivity contribution in [1.82, 2.24) is 19.7 Å². The van der Waals surface area contributed by atoms with Crippen molar-refractivity contribution in [3.05, 3.63) is 64.8 Å². The molecule has 188 valence electrons. The number of rotatable bonds is 3. The van der Waals surface area contributed by atoms with Crippen LogP contribution in [0.1, 0.15) is 48.1 Å². The Balaban J connectivity index is 1.19. The molecular formula is C29H34N4O3. The van der Waals surface area contributed by atoms with E-state index < -0.39 is 0 Å². The van der Waals surface area contributed by atoms with Crippen LogP contribution in [0.4, 0.5) is 0 Å². The first kappa shape index (κ1) is 23.1. The Morgan fingerprint density at radius 2 is 1.86 bits per heavy atom. The molecule has 7 heteroatoms. The highest BCUT2D eigenvalue weighted by Crippen LogP contribution is 2.38. The topological polar surface area (TPSA) is 68.9 Å². The molecule has 36 heavy (non-hydrogen) atoms. The van der Waals surface area contributed by atoms with Crippen LogP contribution >= 0.6 is 0 Å². The summed E-state index contributed by atoms with van der Waals surface area (Å²) in [5, 5.41) is 1.25. The minimum Gasteiger partial charge on any atom is -0.491 e. The first-order chi connectivity index (χ1) is 17.6. The van der Waals surface area contributed by atoms with E-state index in [4.69, 9.17) is 4.74 Å². The molecule has 7 nitrogen and oxygen atoms in total. The highest BCUT2D eigenvalue weighted by atomic mass is 16.5. The number of amides is 2. The number of fused-ring (bicyclic) bond motifs is 4. The molecule has 0 bridgehead atoms. The predicted octanol–water partition coefficient (Wildman–Crippen LogP) is 3.67. The van der Waals surface area contributed by atoms with Crippen LogP contribution in [-0.4, -0.2) is 70.8 Å². The number of aromatic amines is 1. The Bertz CT molecular complexity index is 1290. The lowest BCUT2D eigenvalue weighted by molar-refractivity contribution is -0.134. The molecule has 0 radical (unpaired) electrons. The summed E-state index contributed by atoms with van der Waals surface area (Å²) in [5.74, 6) is 1.11. The number of aryl methyl sites for hydroxylation is 1. The van der Waals surface area contributed by atoms with E-state index in [2.05, 4.69) is 46.3 Å². The van der Waals surface area contributed by atoms with Gasteiger partial charge in [0, 0.05) is 68.4 Å². The van der Waals surface area contributed by atoms with Crippen molar-refractivity contribution < 1.29 is 14.3 Å². The van der Waals surface area contributed by atoms with Crippen LogP contribution in [0.15, 0.2) is 42.5 Å². The van der Waals surface area contributed by atoms with Gasteiger partial charge in [0.25, 0.3) is 0 Å². The van der Waals surface area contributed by atoms with Crippen LogP contribution < -0.4 is 4.74 Å². The Kier molecular flexibility index (Phi) is 6.17. The van der Waals surface area contributed by atoms with E-state index in [0.29, 0.717) is 19.7 Å². The summed E-state index contributed by atoms with van der Waals surface area (Å²) < 4.78 is 6.06. The average Bonchev–Trinajstić information content (AvgIpc) is 3.14. The summed E-state index contributed by atoms with van der Waals surface area (Å²) in [6.45, 7) is 7.49. The van der Waals surface area contributed by atoms with Crippen LogP contribution in [0.25, 0.3) is 10.9 Å². The van der Waals surface area contributed by atoms with Crippen molar-refractivity contribution in [1.29, 1.82) is 0 Å². The van der Waals surface area contributed by atoms with E-state index in [-0.39, 0.29) is 17.7 Å². The molecule has 0 unspecified atom stereocenters. The molecule has 1 aromatic heterocycles. The second kappa shape index (κ2) is 9.62. The van der Waals surface area contributed by atoms with Crippen LogP contribution in [0, 0.1) is 0 Å². The van der Waals surface area contributed by atoms with Gasteiger partial charge in [-0.15, -0.1) is 0 Å². The summed E-state index contributed by atoms with van der Waals surface area (Å²) in [6.07, 6.45) is 2.95. The smallest absolute Gasteiger partial charge is 0.232 e. The van der Waals surface area contributed by atoms with Crippen LogP contribution in [0.3, 0.4) is 0 Å². The standard InChI is InChI=1S/C29H34N4O3/c1-20(34)32-13-11-31(12-14-32)18-21-9-10-27-22(17-21)19-33(15-16-36-27)29(35)25-7-4-6-24-23-5-2-3-8-26(23)30-28(24)25/h2-3,5,8-10,17,25,30H,4,6-7,11-16,18-19H2,1H3/t25-/m1/s1. The minimum atomic E-state index is -0.122. The fourth-order valence-electron chi connectivity index (χ4n) is 6.10. The molecular weight excluding hydrogens is 452 g/mol. The molecule has 1 atom stereocenters. The molecule has 2 amide bonds. The summed E-state index contributed by atoms with van der Waals surface area (Å²) in [6, 6.07) is 14.8. The number of H-pyrrole nitrogens is 1. The second-order valence-corrected chi connectivity index (χ2v) is 10.3. The fourth-order valence-corrected chi connectivity index (χ4v) is 6.10. The van der Waals surface area contributed by atoms with Crippen molar-refractivity contribution in [3.8, 4) is 5.75 Å². The second-order valence-electron chi connectivity index (χ2n) is 10.3. The molecule has 1 aliphatic carbocycles. The quantitative estimate of drug-likeness (QED) is 0.613. The number of nitrogens with one attached hydrogen (secondary N) is 1. The zero-order valence-corrected chi connectivity index (χ0v) is 21.0. The number of piperazine rings is 1. The van der Waals surface area contributed by atoms with Crippen LogP contribution in [0.2, 0.25) is 0 Å². The number of ether oxygens (including phenoxy) is 1. The van der Waals surface area contributed by atoms with Crippen molar-refractivity contribution in [2.45, 2.75) is 45.2 Å². The third-order valence-electron chi connectivity index (χ3n) is 8.05. The van der Waals surface area contributed by atoms with Gasteiger partial charge in [0.2, 0.25) is 11.8 Å². The Morgan fingerprint density at radius 1 is 1.03 bits per heavy atom. The van der Waals surface area contributed by atoms with E-state index in [1.807, 2.05) is 15.9 Å². The van der Waals surface area contributed by atoms with Crippen molar-refractivity contribution in [2.75, 3.05) is 39.3 Å². The molecule has 2 aliphatic heterocycles. The normalized spacial score (nSPS) is 20.4.